The summed E-state index contributed by atoms with van der Waals surface area (Å²) in [5.74, 6) is -1.78. The molecule has 0 aliphatic carbocycles. The monoisotopic (exact) mass is 831 g/mol. The van der Waals surface area contributed by atoms with Crippen LogP contribution in [-0.4, -0.2) is 38.1 Å². The predicted octanol–water partition coefficient (Wildman–Crippen LogP) is 15.7. The molecule has 0 saturated heterocycles. The molecule has 0 saturated carbocycles. The summed E-state index contributed by atoms with van der Waals surface area (Å²) in [4.78, 5) is 25.4. The van der Waals surface area contributed by atoms with Gasteiger partial charge < -0.3 is 9.47 Å². The van der Waals surface area contributed by atoms with Crippen molar-refractivity contribution in [3.05, 3.63) is 53.6 Å². The molecule has 7 nitrogen and oxygen atoms in total. The van der Waals surface area contributed by atoms with Crippen LogP contribution in [0.3, 0.4) is 0 Å². The molecule has 334 valence electrons. The van der Waals surface area contributed by atoms with Crippen LogP contribution >= 0.6 is 0 Å². The molecule has 0 fully saturated rings. The molecule has 8 heteroatoms. The number of unbranched alkanes of at least 4 members (excludes halogenated alkanes) is 30. The molecule has 0 aromatic heterocycles. The average molecular weight is 831 g/mol. The molecule has 0 radical (unpaired) electrons. The molecule has 0 atom stereocenters. The lowest BCUT2D eigenvalue weighted by Crippen LogP contribution is -2.19. The maximum Gasteiger partial charge on any atom is 0.340 e. The van der Waals surface area contributed by atoms with E-state index in [-0.39, 0.29) is 18.8 Å². The number of benzene rings is 1. The van der Waals surface area contributed by atoms with E-state index in [0.717, 1.165) is 44.6 Å². The summed E-state index contributed by atoms with van der Waals surface area (Å²) in [7, 11) is -4.78. The van der Waals surface area contributed by atoms with Crippen molar-refractivity contribution in [2.24, 2.45) is 0 Å². The third-order valence-electron chi connectivity index (χ3n) is 11.0. The number of allylic oxidation sites excluding steroid dienone is 4. The van der Waals surface area contributed by atoms with Gasteiger partial charge in [-0.3, -0.25) is 4.55 Å². The molecule has 1 N–H and O–H groups in total. The fraction of sp³-hybridized carbons (Fsp3) is 0.760. The van der Waals surface area contributed by atoms with Crippen LogP contribution in [0.2, 0.25) is 0 Å². The fourth-order valence-electron chi connectivity index (χ4n) is 7.37. The highest BCUT2D eigenvalue weighted by Crippen LogP contribution is 2.23. The summed E-state index contributed by atoms with van der Waals surface area (Å²) in [6.45, 7) is 4.75. The lowest BCUT2D eigenvalue weighted by Gasteiger charge is -2.12. The van der Waals surface area contributed by atoms with Gasteiger partial charge in [0.15, 0.2) is 0 Å². The first-order chi connectivity index (χ1) is 28.3. The minimum absolute atomic E-state index is 0.0761. The first-order valence-electron chi connectivity index (χ1n) is 24.1. The quantitative estimate of drug-likeness (QED) is 0.0303. The number of hydrogen-bond donors (Lipinski definition) is 1. The van der Waals surface area contributed by atoms with E-state index >= 15 is 0 Å². The highest BCUT2D eigenvalue weighted by atomic mass is 32.2. The third kappa shape index (κ3) is 30.6. The van der Waals surface area contributed by atoms with Crippen LogP contribution in [-0.2, 0) is 19.6 Å². The highest BCUT2D eigenvalue weighted by molar-refractivity contribution is 7.86. The number of esters is 2. The van der Waals surface area contributed by atoms with Gasteiger partial charge in [0.25, 0.3) is 10.1 Å². The molecule has 1 rings (SSSR count). The molecule has 1 aromatic carbocycles. The largest absolute Gasteiger partial charge is 0.462 e. The van der Waals surface area contributed by atoms with Crippen LogP contribution in [0.25, 0.3) is 0 Å². The van der Waals surface area contributed by atoms with Gasteiger partial charge in [-0.2, -0.15) is 8.42 Å². The van der Waals surface area contributed by atoms with Gasteiger partial charge in [0, 0.05) is 0 Å². The van der Waals surface area contributed by atoms with E-state index in [1.54, 1.807) is 0 Å². The minimum Gasteiger partial charge on any atom is -0.462 e. The zero-order valence-corrected chi connectivity index (χ0v) is 38.1. The second-order valence-corrected chi connectivity index (χ2v) is 17.8. The highest BCUT2D eigenvalue weighted by Gasteiger charge is 2.28. The summed E-state index contributed by atoms with van der Waals surface area (Å²) in [6.07, 6.45) is 50.8. The number of carbonyl (C=O) groups is 2. The molecule has 58 heavy (non-hydrogen) atoms. The van der Waals surface area contributed by atoms with Gasteiger partial charge in [0.05, 0.1) is 24.3 Å². The summed E-state index contributed by atoms with van der Waals surface area (Å²) in [6, 6.07) is 3.73. The van der Waals surface area contributed by atoms with Crippen LogP contribution in [0.1, 0.15) is 253 Å². The lowest BCUT2D eigenvalue weighted by atomic mass is 10.0. The summed E-state index contributed by atoms with van der Waals surface area (Å²) >= 11 is 0. The van der Waals surface area contributed by atoms with Crippen molar-refractivity contribution in [2.45, 2.75) is 237 Å². The molecular formula is C50H86O7S. The Morgan fingerprint density at radius 2 is 0.776 bits per heavy atom. The Balaban J connectivity index is 2.21. The first kappa shape index (κ1) is 53.6. The van der Waals surface area contributed by atoms with Crippen molar-refractivity contribution in [2.75, 3.05) is 13.2 Å². The number of hydrogen-bond acceptors (Lipinski definition) is 6. The van der Waals surface area contributed by atoms with Gasteiger partial charge >= 0.3 is 11.9 Å². The van der Waals surface area contributed by atoms with Crippen molar-refractivity contribution in [3.8, 4) is 0 Å². The SMILES string of the molecule is CCCCCCCCCCCCCCC/C=C/CCCCOC(=O)c1cccc(S(=O)(=O)O)c1C(=O)OCCCC/C=C/CCCCCCCCCCCCCCC. The normalized spacial score (nSPS) is 11.9. The number of ether oxygens (including phenoxy) is 2. The van der Waals surface area contributed by atoms with Crippen molar-refractivity contribution in [1.29, 1.82) is 0 Å². The van der Waals surface area contributed by atoms with E-state index in [1.165, 1.54) is 179 Å². The molecule has 0 unspecified atom stereocenters. The van der Waals surface area contributed by atoms with Crippen LogP contribution in [0, 0.1) is 0 Å². The Morgan fingerprint density at radius 3 is 1.12 bits per heavy atom. The Morgan fingerprint density at radius 1 is 0.466 bits per heavy atom. The molecule has 0 spiro atoms. The van der Waals surface area contributed by atoms with Crippen LogP contribution in [0.5, 0.6) is 0 Å². The molecule has 0 aliphatic heterocycles. The first-order valence-corrected chi connectivity index (χ1v) is 25.5. The van der Waals surface area contributed by atoms with E-state index in [1.807, 2.05) is 0 Å². The van der Waals surface area contributed by atoms with Crippen molar-refractivity contribution in [3.63, 3.8) is 0 Å². The standard InChI is InChI=1S/C50H86O7S/c1-3-5-7-9-11-13-15-17-19-21-23-25-27-29-31-33-35-37-39-44-56-49(51)46-42-41-43-47(58(53,54)55)48(46)50(52)57-45-40-38-36-34-32-30-28-26-24-22-20-18-16-14-12-10-8-6-4-2/h31-34,41-43H,3-30,35-40,44-45H2,1-2H3,(H,53,54,55)/b33-31+,34-32+. The van der Waals surface area contributed by atoms with Gasteiger partial charge in [0.2, 0.25) is 0 Å². The molecule has 0 heterocycles. The Kier molecular flexibility index (Phi) is 35.8. The number of carbonyl (C=O) groups excluding carboxylic acids is 2. The van der Waals surface area contributed by atoms with Crippen LogP contribution in [0.4, 0.5) is 0 Å². The van der Waals surface area contributed by atoms with Crippen molar-refractivity contribution >= 4 is 22.1 Å². The van der Waals surface area contributed by atoms with Crippen LogP contribution < -0.4 is 0 Å². The van der Waals surface area contributed by atoms with E-state index < -0.39 is 32.5 Å². The van der Waals surface area contributed by atoms with E-state index in [0.29, 0.717) is 12.8 Å². The summed E-state index contributed by atoms with van der Waals surface area (Å²) < 4.78 is 44.9. The fourth-order valence-corrected chi connectivity index (χ4v) is 8.07. The molecule has 0 aliphatic rings. The molecule has 1 aromatic rings. The molecule has 0 amide bonds. The van der Waals surface area contributed by atoms with E-state index in [4.69, 9.17) is 9.47 Å². The second kappa shape index (κ2) is 38.7. The van der Waals surface area contributed by atoms with E-state index in [9.17, 15) is 22.6 Å². The minimum atomic E-state index is -4.78. The van der Waals surface area contributed by atoms with E-state index in [2.05, 4.69) is 38.2 Å². The lowest BCUT2D eigenvalue weighted by molar-refractivity contribution is 0.0447. The van der Waals surface area contributed by atoms with Crippen molar-refractivity contribution in [1.82, 2.24) is 0 Å². The third-order valence-corrected chi connectivity index (χ3v) is 11.9. The topological polar surface area (TPSA) is 107 Å². The molecular weight excluding hydrogens is 745 g/mol. The van der Waals surface area contributed by atoms with Crippen LogP contribution in [0.15, 0.2) is 47.4 Å². The summed E-state index contributed by atoms with van der Waals surface area (Å²) in [5, 5.41) is 0. The zero-order chi connectivity index (χ0) is 42.2. The smallest absolute Gasteiger partial charge is 0.340 e. The summed E-state index contributed by atoms with van der Waals surface area (Å²) in [5.41, 5.74) is -0.710. The molecule has 0 bridgehead atoms. The maximum absolute atomic E-state index is 13.1. The van der Waals surface area contributed by atoms with Gasteiger partial charge in [-0.05, 0) is 76.3 Å². The second-order valence-electron chi connectivity index (χ2n) is 16.4. The Hall–Kier alpha value is -2.45. The number of rotatable bonds is 41. The average Bonchev–Trinajstić information content (AvgIpc) is 3.21. The zero-order valence-electron chi connectivity index (χ0n) is 37.3. The van der Waals surface area contributed by atoms with Gasteiger partial charge in [-0.25, -0.2) is 9.59 Å². The maximum atomic E-state index is 13.1. The van der Waals surface area contributed by atoms with Gasteiger partial charge in [-0.1, -0.05) is 198 Å². The predicted molar refractivity (Wildman–Crippen MR) is 243 cm³/mol. The van der Waals surface area contributed by atoms with Gasteiger partial charge in [-0.15, -0.1) is 0 Å². The Labute approximate surface area is 356 Å². The Bertz CT molecular complexity index is 1300. The van der Waals surface area contributed by atoms with Crippen molar-refractivity contribution < 1.29 is 32.0 Å². The van der Waals surface area contributed by atoms with Gasteiger partial charge in [0.1, 0.15) is 4.90 Å².